The van der Waals surface area contributed by atoms with E-state index in [0.29, 0.717) is 12.0 Å². The summed E-state index contributed by atoms with van der Waals surface area (Å²) in [5, 5.41) is 11.2. The summed E-state index contributed by atoms with van der Waals surface area (Å²) in [7, 11) is -3.83. The van der Waals surface area contributed by atoms with E-state index in [0.717, 1.165) is 17.2 Å². The van der Waals surface area contributed by atoms with Gasteiger partial charge >= 0.3 is 0 Å². The molecule has 0 spiro atoms. The summed E-state index contributed by atoms with van der Waals surface area (Å²) in [6.45, 7) is 1.81. The van der Waals surface area contributed by atoms with Gasteiger partial charge in [-0.2, -0.15) is 0 Å². The third-order valence-corrected chi connectivity index (χ3v) is 6.33. The highest BCUT2D eigenvalue weighted by Crippen LogP contribution is 2.27. The van der Waals surface area contributed by atoms with Crippen LogP contribution in [0.1, 0.15) is 39.4 Å². The minimum atomic E-state index is -3.83. The fraction of sp³-hybridized carbons (Fsp3) is 0.174. The van der Waals surface area contributed by atoms with Gasteiger partial charge in [0.25, 0.3) is 0 Å². The number of carboxylic acids is 1. The number of rotatable bonds is 8. The van der Waals surface area contributed by atoms with Crippen molar-refractivity contribution in [3.8, 4) is 0 Å². The number of hydrogen-bond acceptors (Lipinski definition) is 4. The molecule has 3 aromatic carbocycles. The highest BCUT2D eigenvalue weighted by atomic mass is 32.2. The Kier molecular flexibility index (Phi) is 6.46. The number of nitrogens with one attached hydrogen (secondary N) is 1. The van der Waals surface area contributed by atoms with Crippen LogP contribution in [-0.4, -0.2) is 20.9 Å². The normalized spacial score (nSPS) is 11.5. The molecule has 0 heterocycles. The van der Waals surface area contributed by atoms with E-state index in [1.807, 2.05) is 60.7 Å². The number of aryl methyl sites for hydroxylation is 1. The average Bonchev–Trinajstić information content (AvgIpc) is 2.72. The summed E-state index contributed by atoms with van der Waals surface area (Å²) in [5.74, 6) is -1.36. The smallest absolute Gasteiger partial charge is 0.240 e. The lowest BCUT2D eigenvalue weighted by molar-refractivity contribution is -0.255. The van der Waals surface area contributed by atoms with Crippen molar-refractivity contribution >= 4 is 16.0 Å². The summed E-state index contributed by atoms with van der Waals surface area (Å²) < 4.78 is 27.9. The van der Waals surface area contributed by atoms with Gasteiger partial charge in [-0.05, 0) is 42.2 Å². The summed E-state index contributed by atoms with van der Waals surface area (Å²) in [6, 6.07) is 23.8. The Balaban J connectivity index is 1.77. The minimum absolute atomic E-state index is 0.0388. The van der Waals surface area contributed by atoms with Crippen molar-refractivity contribution in [1.29, 1.82) is 0 Å². The molecule has 0 atom stereocenters. The van der Waals surface area contributed by atoms with Gasteiger partial charge in [-0.25, -0.2) is 13.1 Å². The van der Waals surface area contributed by atoms with Gasteiger partial charge in [0, 0.05) is 18.0 Å². The lowest BCUT2D eigenvalue weighted by atomic mass is 9.89. The van der Waals surface area contributed by atoms with Crippen molar-refractivity contribution in [2.45, 2.75) is 24.2 Å². The second-order valence-electron chi connectivity index (χ2n) is 6.82. The maximum atomic E-state index is 12.6. The predicted molar refractivity (Wildman–Crippen MR) is 110 cm³/mol. The van der Waals surface area contributed by atoms with Crippen molar-refractivity contribution < 1.29 is 18.3 Å². The largest absolute Gasteiger partial charge is 0.545 e. The van der Waals surface area contributed by atoms with E-state index in [2.05, 4.69) is 4.72 Å². The van der Waals surface area contributed by atoms with Crippen LogP contribution in [-0.2, 0) is 10.0 Å². The highest BCUT2D eigenvalue weighted by Gasteiger charge is 2.18. The SMILES string of the molecule is Cc1ccc(S(=O)(=O)NCCC(c2ccccc2)c2ccccc2)cc1C(=O)[O-]. The monoisotopic (exact) mass is 408 g/mol. The van der Waals surface area contributed by atoms with Crippen LogP contribution in [0.25, 0.3) is 0 Å². The molecule has 0 radical (unpaired) electrons. The molecule has 150 valence electrons. The number of carbonyl (C=O) groups excluding carboxylic acids is 1. The molecule has 0 bridgehead atoms. The van der Waals surface area contributed by atoms with Crippen LogP contribution in [0.4, 0.5) is 0 Å². The molecule has 0 amide bonds. The number of carboxylic acid groups (broad SMARTS) is 1. The summed E-state index contributed by atoms with van der Waals surface area (Å²) in [4.78, 5) is 11.1. The molecular formula is C23H22NO4S-. The molecule has 0 saturated carbocycles. The molecule has 0 aliphatic heterocycles. The topological polar surface area (TPSA) is 86.3 Å². The molecule has 3 rings (SSSR count). The van der Waals surface area contributed by atoms with Gasteiger partial charge in [0.05, 0.1) is 10.9 Å². The molecule has 0 fully saturated rings. The molecule has 0 saturated heterocycles. The Morgan fingerprint density at radius 3 is 2.00 bits per heavy atom. The first kappa shape index (κ1) is 20.8. The molecule has 0 aromatic heterocycles. The van der Waals surface area contributed by atoms with Gasteiger partial charge < -0.3 is 9.90 Å². The Morgan fingerprint density at radius 1 is 0.931 bits per heavy atom. The predicted octanol–water partition coefficient (Wildman–Crippen LogP) is 2.86. The molecule has 29 heavy (non-hydrogen) atoms. The second-order valence-corrected chi connectivity index (χ2v) is 8.59. The van der Waals surface area contributed by atoms with Crippen LogP contribution < -0.4 is 9.83 Å². The molecular weight excluding hydrogens is 386 g/mol. The van der Waals surface area contributed by atoms with Crippen LogP contribution in [0.2, 0.25) is 0 Å². The summed E-state index contributed by atoms with van der Waals surface area (Å²) in [5.41, 5.74) is 2.54. The van der Waals surface area contributed by atoms with Gasteiger partial charge in [0.15, 0.2) is 0 Å². The van der Waals surface area contributed by atoms with E-state index in [-0.39, 0.29) is 22.9 Å². The minimum Gasteiger partial charge on any atom is -0.545 e. The van der Waals surface area contributed by atoms with Gasteiger partial charge in [0.2, 0.25) is 10.0 Å². The van der Waals surface area contributed by atoms with Crippen molar-refractivity contribution in [3.05, 3.63) is 101 Å². The maximum absolute atomic E-state index is 12.6. The number of aromatic carboxylic acids is 1. The number of hydrogen-bond donors (Lipinski definition) is 1. The third kappa shape index (κ3) is 5.10. The number of carbonyl (C=O) groups is 1. The highest BCUT2D eigenvalue weighted by molar-refractivity contribution is 7.89. The third-order valence-electron chi connectivity index (χ3n) is 4.87. The van der Waals surface area contributed by atoms with Crippen molar-refractivity contribution in [2.75, 3.05) is 6.54 Å². The molecule has 5 nitrogen and oxygen atoms in total. The van der Waals surface area contributed by atoms with Crippen LogP contribution >= 0.6 is 0 Å². The van der Waals surface area contributed by atoms with Crippen molar-refractivity contribution in [3.63, 3.8) is 0 Å². The maximum Gasteiger partial charge on any atom is 0.240 e. The molecule has 6 heteroatoms. The lowest BCUT2D eigenvalue weighted by Gasteiger charge is -2.18. The molecule has 1 N–H and O–H groups in total. The van der Waals surface area contributed by atoms with Gasteiger partial charge in [-0.3, -0.25) is 0 Å². The van der Waals surface area contributed by atoms with Crippen molar-refractivity contribution in [1.82, 2.24) is 4.72 Å². The Bertz CT molecular complexity index is 1040. The number of sulfonamides is 1. The van der Waals surface area contributed by atoms with Crippen LogP contribution in [0.5, 0.6) is 0 Å². The van der Waals surface area contributed by atoms with Gasteiger partial charge in [-0.1, -0.05) is 66.7 Å². The first-order valence-corrected chi connectivity index (χ1v) is 10.8. The fourth-order valence-electron chi connectivity index (χ4n) is 3.31. The fourth-order valence-corrected chi connectivity index (χ4v) is 4.38. The van der Waals surface area contributed by atoms with E-state index in [1.54, 1.807) is 6.92 Å². The van der Waals surface area contributed by atoms with Crippen molar-refractivity contribution in [2.24, 2.45) is 0 Å². The second kappa shape index (κ2) is 9.03. The van der Waals surface area contributed by atoms with E-state index in [1.165, 1.54) is 12.1 Å². The zero-order valence-electron chi connectivity index (χ0n) is 16.0. The summed E-state index contributed by atoms with van der Waals surface area (Å²) >= 11 is 0. The molecule has 0 aliphatic carbocycles. The van der Waals surface area contributed by atoms with E-state index in [4.69, 9.17) is 0 Å². The number of benzene rings is 3. The van der Waals surface area contributed by atoms with Crippen LogP contribution in [0.15, 0.2) is 83.8 Å². The van der Waals surface area contributed by atoms with Gasteiger partial charge in [0.1, 0.15) is 0 Å². The van der Waals surface area contributed by atoms with E-state index < -0.39 is 16.0 Å². The van der Waals surface area contributed by atoms with Gasteiger partial charge in [-0.15, -0.1) is 0 Å². The summed E-state index contributed by atoms with van der Waals surface area (Å²) in [6.07, 6.45) is 0.562. The Labute approximate surface area is 171 Å². The van der Waals surface area contributed by atoms with Crippen LogP contribution in [0, 0.1) is 6.92 Å². The molecule has 3 aromatic rings. The zero-order valence-corrected chi connectivity index (χ0v) is 16.9. The zero-order chi connectivity index (χ0) is 20.9. The first-order valence-electron chi connectivity index (χ1n) is 9.30. The van der Waals surface area contributed by atoms with E-state index in [9.17, 15) is 18.3 Å². The molecule has 0 unspecified atom stereocenters. The first-order chi connectivity index (χ1) is 13.9. The van der Waals surface area contributed by atoms with E-state index >= 15 is 0 Å². The van der Waals surface area contributed by atoms with Crippen LogP contribution in [0.3, 0.4) is 0 Å². The quantitative estimate of drug-likeness (QED) is 0.621. The Morgan fingerprint density at radius 2 is 1.48 bits per heavy atom. The Hall–Kier alpha value is -2.96. The lowest BCUT2D eigenvalue weighted by Crippen LogP contribution is -2.27. The standard InChI is InChI=1S/C23H23NO4S/c1-17-12-13-20(16-22(17)23(25)26)29(27,28)24-15-14-21(18-8-4-2-5-9-18)19-10-6-3-7-11-19/h2-13,16,21,24H,14-15H2,1H3,(H,25,26)/p-1. The average molecular weight is 408 g/mol. The molecule has 0 aliphatic rings.